The highest BCUT2D eigenvalue weighted by Crippen LogP contribution is 2.29. The van der Waals surface area contributed by atoms with Crippen molar-refractivity contribution in [1.29, 1.82) is 0 Å². The van der Waals surface area contributed by atoms with Crippen molar-refractivity contribution in [3.8, 4) is 0 Å². The highest BCUT2D eigenvalue weighted by molar-refractivity contribution is 5.84. The summed E-state index contributed by atoms with van der Waals surface area (Å²) in [5, 5.41) is 21.1. The van der Waals surface area contributed by atoms with Crippen molar-refractivity contribution in [2.75, 3.05) is 0 Å². The van der Waals surface area contributed by atoms with Gasteiger partial charge in [-0.3, -0.25) is 9.97 Å². The van der Waals surface area contributed by atoms with Crippen molar-refractivity contribution in [2.24, 2.45) is 0 Å². The zero-order chi connectivity index (χ0) is 27.8. The fourth-order valence-electron chi connectivity index (χ4n) is 3.81. The zero-order valence-electron chi connectivity index (χ0n) is 23.2. The summed E-state index contributed by atoms with van der Waals surface area (Å²) in [6, 6.07) is 10.1. The first kappa shape index (κ1) is 31.1. The minimum absolute atomic E-state index is 0.310. The second-order valence-electron chi connectivity index (χ2n) is 8.73. The van der Waals surface area contributed by atoms with E-state index in [2.05, 4.69) is 9.97 Å². The van der Waals surface area contributed by atoms with Crippen LogP contribution >= 0.6 is 0 Å². The summed E-state index contributed by atoms with van der Waals surface area (Å²) in [5.74, 6) is -0.679. The Balaban J connectivity index is 0.000000317. The van der Waals surface area contributed by atoms with Gasteiger partial charge < -0.3 is 10.2 Å². The Morgan fingerprint density at radius 2 is 1.31 bits per heavy atom. The van der Waals surface area contributed by atoms with Gasteiger partial charge in [0.05, 0.1) is 11.7 Å². The van der Waals surface area contributed by atoms with Gasteiger partial charge in [0.25, 0.3) is 0 Å². The highest BCUT2D eigenvalue weighted by Gasteiger charge is 2.20. The van der Waals surface area contributed by atoms with Crippen LogP contribution in [0.15, 0.2) is 42.6 Å². The third kappa shape index (κ3) is 7.52. The number of nitrogens with zero attached hydrogens (tertiary/aromatic N) is 2. The maximum absolute atomic E-state index is 13.7. The summed E-state index contributed by atoms with van der Waals surface area (Å²) in [5.41, 5.74) is 3.44. The second-order valence-corrected chi connectivity index (χ2v) is 8.73. The Labute approximate surface area is 214 Å². The molecular weight excluding hydrogens is 458 g/mol. The molecule has 0 aliphatic carbocycles. The van der Waals surface area contributed by atoms with Crippen molar-refractivity contribution in [2.45, 2.75) is 80.9 Å². The van der Waals surface area contributed by atoms with Crippen LogP contribution in [0.25, 0.3) is 21.8 Å². The molecule has 0 saturated carbocycles. The number of rotatable bonds is 2. The average molecular weight is 499 g/mol. The number of halogens is 2. The molecule has 0 saturated heterocycles. The third-order valence-electron chi connectivity index (χ3n) is 5.22. The van der Waals surface area contributed by atoms with E-state index < -0.39 is 11.7 Å². The molecule has 196 valence electrons. The summed E-state index contributed by atoms with van der Waals surface area (Å²) in [6.45, 7) is 18.5. The number of pyridine rings is 2. The van der Waals surface area contributed by atoms with Crippen LogP contribution in [0, 0.1) is 32.4 Å². The van der Waals surface area contributed by atoms with Crippen LogP contribution in [0.3, 0.4) is 0 Å². The molecule has 2 aromatic carbocycles. The average Bonchev–Trinajstić information content (AvgIpc) is 2.81. The van der Waals surface area contributed by atoms with Gasteiger partial charge in [0.15, 0.2) is 0 Å². The molecule has 0 aliphatic rings. The molecule has 1 atom stereocenters. The van der Waals surface area contributed by atoms with Crippen LogP contribution in [0.4, 0.5) is 8.78 Å². The molecule has 4 nitrogen and oxygen atoms in total. The van der Waals surface area contributed by atoms with Gasteiger partial charge in [-0.25, -0.2) is 8.78 Å². The third-order valence-corrected chi connectivity index (χ3v) is 5.22. The smallest absolute Gasteiger partial charge is 0.149 e. The molecule has 2 aromatic heterocycles. The second kappa shape index (κ2) is 13.4. The van der Waals surface area contributed by atoms with Gasteiger partial charge in [-0.2, -0.15) is 0 Å². The lowest BCUT2D eigenvalue weighted by molar-refractivity contribution is 0.0801. The molecule has 0 spiro atoms. The van der Waals surface area contributed by atoms with Crippen molar-refractivity contribution >= 4 is 21.8 Å². The Morgan fingerprint density at radius 1 is 0.806 bits per heavy atom. The van der Waals surface area contributed by atoms with E-state index in [-0.39, 0.29) is 11.6 Å². The molecular formula is C30H40F2N2O2. The molecule has 36 heavy (non-hydrogen) atoms. The summed E-state index contributed by atoms with van der Waals surface area (Å²) in [4.78, 5) is 8.18. The molecule has 0 bridgehead atoms. The first-order valence-corrected chi connectivity index (χ1v) is 12.4. The van der Waals surface area contributed by atoms with Gasteiger partial charge in [0.1, 0.15) is 22.7 Å². The number of aromatic nitrogens is 2. The van der Waals surface area contributed by atoms with Gasteiger partial charge in [-0.05, 0) is 100 Å². The Hall–Kier alpha value is -2.96. The molecule has 1 unspecified atom stereocenters. The minimum Gasteiger partial charge on any atom is -0.389 e. The van der Waals surface area contributed by atoms with Crippen LogP contribution in [-0.2, 0) is 5.60 Å². The molecule has 6 heteroatoms. The number of hydrogen-bond donors (Lipinski definition) is 2. The van der Waals surface area contributed by atoms with E-state index in [1.807, 2.05) is 53.7 Å². The van der Waals surface area contributed by atoms with E-state index in [4.69, 9.17) is 0 Å². The van der Waals surface area contributed by atoms with E-state index in [0.29, 0.717) is 33.1 Å². The van der Waals surface area contributed by atoms with E-state index in [1.165, 1.54) is 18.3 Å². The first-order valence-electron chi connectivity index (χ1n) is 12.4. The van der Waals surface area contributed by atoms with Crippen LogP contribution in [0.5, 0.6) is 0 Å². The van der Waals surface area contributed by atoms with E-state index in [9.17, 15) is 19.0 Å². The molecule has 0 aliphatic heterocycles. The molecule has 2 N–H and O–H groups in total. The lowest BCUT2D eigenvalue weighted by Crippen LogP contribution is -2.16. The van der Waals surface area contributed by atoms with E-state index in [1.54, 1.807) is 39.8 Å². The largest absolute Gasteiger partial charge is 0.389 e. The van der Waals surface area contributed by atoms with Crippen LogP contribution in [-0.4, -0.2) is 20.2 Å². The fourth-order valence-corrected chi connectivity index (χ4v) is 3.81. The van der Waals surface area contributed by atoms with E-state index >= 15 is 0 Å². The Morgan fingerprint density at radius 3 is 1.81 bits per heavy atom. The van der Waals surface area contributed by atoms with Gasteiger partial charge in [0, 0.05) is 22.7 Å². The maximum atomic E-state index is 13.7. The number of benzene rings is 2. The summed E-state index contributed by atoms with van der Waals surface area (Å²) in [6.07, 6.45) is 0.902. The van der Waals surface area contributed by atoms with Crippen molar-refractivity contribution in [3.63, 3.8) is 0 Å². The lowest BCUT2D eigenvalue weighted by Gasteiger charge is -2.20. The standard InChI is InChI=1S/2C13H14FNO.2C2H6/c1-7-4-11-10(9(3)16)6-8(2)15-13(11)12(14)5-7;1-8-6-9-10(13(2,3)16)4-5-15-12(9)11(14)7-8;2*1-2/h4-6,9,16H,1-3H3;4-7,16H,1-3H3;2*1-2H3. The summed E-state index contributed by atoms with van der Waals surface area (Å²) in [7, 11) is 0. The number of hydrogen-bond acceptors (Lipinski definition) is 4. The lowest BCUT2D eigenvalue weighted by atomic mass is 9.94. The molecule has 0 amide bonds. The van der Waals surface area contributed by atoms with Gasteiger partial charge in [-0.15, -0.1) is 0 Å². The zero-order valence-corrected chi connectivity index (χ0v) is 23.2. The predicted molar refractivity (Wildman–Crippen MR) is 146 cm³/mol. The SMILES string of the molecule is CC.CC.Cc1cc(F)c2nc(C)cc(C(C)O)c2c1.Cc1cc(F)c2nccc(C(C)(C)O)c2c1. The van der Waals surface area contributed by atoms with E-state index in [0.717, 1.165) is 16.7 Å². The molecule has 4 aromatic rings. The maximum Gasteiger partial charge on any atom is 0.149 e. The van der Waals surface area contributed by atoms with Gasteiger partial charge in [-0.1, -0.05) is 27.7 Å². The van der Waals surface area contributed by atoms with Crippen LogP contribution in [0.1, 0.15) is 82.5 Å². The number of aliphatic hydroxyl groups excluding tert-OH is 1. The van der Waals surface area contributed by atoms with Gasteiger partial charge >= 0.3 is 0 Å². The topological polar surface area (TPSA) is 66.2 Å². The number of aryl methyl sites for hydroxylation is 3. The molecule has 4 rings (SSSR count). The Bertz CT molecular complexity index is 1300. The first-order chi connectivity index (χ1) is 16.9. The highest BCUT2D eigenvalue weighted by atomic mass is 19.1. The summed E-state index contributed by atoms with van der Waals surface area (Å²) < 4.78 is 27.4. The van der Waals surface area contributed by atoms with Crippen LogP contribution < -0.4 is 0 Å². The molecule has 0 fully saturated rings. The summed E-state index contributed by atoms with van der Waals surface area (Å²) >= 11 is 0. The monoisotopic (exact) mass is 498 g/mol. The Kier molecular flexibility index (Phi) is 11.5. The van der Waals surface area contributed by atoms with Crippen molar-refractivity contribution in [1.82, 2.24) is 9.97 Å². The number of aliphatic hydroxyl groups is 2. The quantitative estimate of drug-likeness (QED) is 0.294. The van der Waals surface area contributed by atoms with Crippen molar-refractivity contribution in [3.05, 3.63) is 82.2 Å². The fraction of sp³-hybridized carbons (Fsp3) is 0.400. The normalized spacial score (nSPS) is 11.5. The molecule has 2 heterocycles. The van der Waals surface area contributed by atoms with Crippen molar-refractivity contribution < 1.29 is 19.0 Å². The van der Waals surface area contributed by atoms with Gasteiger partial charge in [0.2, 0.25) is 0 Å². The molecule has 0 radical (unpaired) electrons. The number of fused-ring (bicyclic) bond motifs is 2. The minimum atomic E-state index is -0.999. The predicted octanol–water partition coefficient (Wildman–Crippen LogP) is 8.01. The van der Waals surface area contributed by atoms with Crippen LogP contribution in [0.2, 0.25) is 0 Å².